The lowest BCUT2D eigenvalue weighted by molar-refractivity contribution is -0.112. The molecule has 0 bridgehead atoms. The second-order valence-electron chi connectivity index (χ2n) is 6.61. The standard InChI is InChI=1S/C18H28O2/c1-13(12-19)6-9-16-10-7-14(2)17(18(16,4)5)11-8-15(3)20/h6,8,11,16-17,19H,2,7,9-10,12H2,1,3-5H3/b11-8+,13-6+/t16-,17+/m0/s1. The first-order chi connectivity index (χ1) is 9.28. The van der Waals surface area contributed by atoms with Crippen molar-refractivity contribution in [1.29, 1.82) is 0 Å². The SMILES string of the molecule is C=C1CC[C@H](C/C=C(\C)CO)C(C)(C)[C@@H]1/C=C/C(C)=O. The van der Waals surface area contributed by atoms with Gasteiger partial charge in [-0.2, -0.15) is 0 Å². The highest BCUT2D eigenvalue weighted by atomic mass is 16.3. The van der Waals surface area contributed by atoms with Crippen LogP contribution in [0.1, 0.15) is 47.0 Å². The molecule has 0 spiro atoms. The van der Waals surface area contributed by atoms with Gasteiger partial charge in [0.15, 0.2) is 5.78 Å². The van der Waals surface area contributed by atoms with E-state index in [1.807, 2.05) is 13.0 Å². The molecule has 1 aliphatic rings. The van der Waals surface area contributed by atoms with Crippen LogP contribution >= 0.6 is 0 Å². The molecule has 0 aromatic carbocycles. The summed E-state index contributed by atoms with van der Waals surface area (Å²) in [6.45, 7) is 12.4. The van der Waals surface area contributed by atoms with E-state index >= 15 is 0 Å². The second-order valence-corrected chi connectivity index (χ2v) is 6.61. The molecule has 0 unspecified atom stereocenters. The number of rotatable bonds is 5. The molecule has 1 fully saturated rings. The van der Waals surface area contributed by atoms with Gasteiger partial charge in [-0.15, -0.1) is 0 Å². The molecule has 0 aromatic heterocycles. The normalized spacial score (nSPS) is 27.1. The van der Waals surface area contributed by atoms with Crippen LogP contribution < -0.4 is 0 Å². The molecule has 20 heavy (non-hydrogen) atoms. The molecule has 1 saturated carbocycles. The lowest BCUT2D eigenvalue weighted by Crippen LogP contribution is -2.36. The van der Waals surface area contributed by atoms with Gasteiger partial charge in [0.25, 0.3) is 0 Å². The Morgan fingerprint density at radius 3 is 2.65 bits per heavy atom. The maximum absolute atomic E-state index is 11.2. The Morgan fingerprint density at radius 1 is 1.45 bits per heavy atom. The molecule has 0 radical (unpaired) electrons. The summed E-state index contributed by atoms with van der Waals surface area (Å²) in [5.74, 6) is 0.899. The maximum atomic E-state index is 11.2. The largest absolute Gasteiger partial charge is 0.392 e. The minimum atomic E-state index is 0.0896. The third-order valence-corrected chi connectivity index (χ3v) is 4.63. The van der Waals surface area contributed by atoms with Crippen LogP contribution in [-0.4, -0.2) is 17.5 Å². The van der Waals surface area contributed by atoms with Gasteiger partial charge >= 0.3 is 0 Å². The molecule has 1 rings (SSSR count). The number of carbonyl (C=O) groups is 1. The molecular weight excluding hydrogens is 248 g/mol. The predicted molar refractivity (Wildman–Crippen MR) is 84.4 cm³/mol. The van der Waals surface area contributed by atoms with E-state index < -0.39 is 0 Å². The molecule has 0 aliphatic heterocycles. The molecule has 0 amide bonds. The van der Waals surface area contributed by atoms with E-state index in [-0.39, 0.29) is 23.7 Å². The molecule has 112 valence electrons. The van der Waals surface area contributed by atoms with E-state index in [0.717, 1.165) is 24.8 Å². The summed E-state index contributed by atoms with van der Waals surface area (Å²) in [7, 11) is 0. The van der Waals surface area contributed by atoms with E-state index in [2.05, 4.69) is 26.5 Å². The summed E-state index contributed by atoms with van der Waals surface area (Å²) in [6.07, 6.45) is 8.98. The number of hydrogen-bond donors (Lipinski definition) is 1. The van der Waals surface area contributed by atoms with Crippen molar-refractivity contribution >= 4 is 5.78 Å². The fraction of sp³-hybridized carbons (Fsp3) is 0.611. The van der Waals surface area contributed by atoms with E-state index in [1.165, 1.54) is 5.57 Å². The average molecular weight is 276 g/mol. The Kier molecular flexibility index (Phi) is 5.94. The fourth-order valence-electron chi connectivity index (χ4n) is 3.11. The minimum absolute atomic E-state index is 0.0896. The van der Waals surface area contributed by atoms with Crippen molar-refractivity contribution < 1.29 is 9.90 Å². The van der Waals surface area contributed by atoms with Gasteiger partial charge in [0, 0.05) is 5.92 Å². The van der Waals surface area contributed by atoms with Crippen LogP contribution in [-0.2, 0) is 4.79 Å². The lowest BCUT2D eigenvalue weighted by Gasteiger charge is -2.45. The third kappa shape index (κ3) is 4.17. The van der Waals surface area contributed by atoms with Crippen molar-refractivity contribution in [1.82, 2.24) is 0 Å². The lowest BCUT2D eigenvalue weighted by atomic mass is 9.59. The van der Waals surface area contributed by atoms with Crippen LogP contribution in [0.5, 0.6) is 0 Å². The van der Waals surface area contributed by atoms with Gasteiger partial charge in [0.1, 0.15) is 0 Å². The third-order valence-electron chi connectivity index (χ3n) is 4.63. The number of aliphatic hydroxyl groups is 1. The predicted octanol–water partition coefficient (Wildman–Crippen LogP) is 4.07. The van der Waals surface area contributed by atoms with Crippen LogP contribution in [0.2, 0.25) is 0 Å². The van der Waals surface area contributed by atoms with Crippen LogP contribution in [0.25, 0.3) is 0 Å². The van der Waals surface area contributed by atoms with Gasteiger partial charge in [-0.25, -0.2) is 0 Å². The highest BCUT2D eigenvalue weighted by Crippen LogP contribution is 2.49. The van der Waals surface area contributed by atoms with Gasteiger partial charge in [-0.05, 0) is 50.5 Å². The smallest absolute Gasteiger partial charge is 0.152 e. The molecule has 1 N–H and O–H groups in total. The van der Waals surface area contributed by atoms with Gasteiger partial charge in [-0.3, -0.25) is 4.79 Å². The Balaban J connectivity index is 2.90. The molecule has 0 heterocycles. The summed E-state index contributed by atoms with van der Waals surface area (Å²) in [5, 5.41) is 9.10. The maximum Gasteiger partial charge on any atom is 0.152 e. The quantitative estimate of drug-likeness (QED) is 0.607. The highest BCUT2D eigenvalue weighted by molar-refractivity contribution is 5.87. The minimum Gasteiger partial charge on any atom is -0.392 e. The second kappa shape index (κ2) is 7.03. The summed E-state index contributed by atoms with van der Waals surface area (Å²) in [5.41, 5.74) is 2.35. The first-order valence-corrected chi connectivity index (χ1v) is 7.42. The van der Waals surface area contributed by atoms with E-state index in [1.54, 1.807) is 13.0 Å². The van der Waals surface area contributed by atoms with Crippen LogP contribution in [0, 0.1) is 17.3 Å². The van der Waals surface area contributed by atoms with Gasteiger partial charge in [-0.1, -0.05) is 43.7 Å². The molecular formula is C18H28O2. The van der Waals surface area contributed by atoms with Gasteiger partial charge in [0.05, 0.1) is 6.61 Å². The van der Waals surface area contributed by atoms with Crippen LogP contribution in [0.4, 0.5) is 0 Å². The van der Waals surface area contributed by atoms with Gasteiger partial charge < -0.3 is 5.11 Å². The zero-order valence-corrected chi connectivity index (χ0v) is 13.3. The van der Waals surface area contributed by atoms with E-state index in [4.69, 9.17) is 5.11 Å². The zero-order valence-electron chi connectivity index (χ0n) is 13.3. The van der Waals surface area contributed by atoms with Crippen molar-refractivity contribution in [2.24, 2.45) is 17.3 Å². The van der Waals surface area contributed by atoms with Crippen molar-refractivity contribution in [2.75, 3.05) is 6.61 Å². The molecule has 0 aromatic rings. The van der Waals surface area contributed by atoms with Gasteiger partial charge in [0.2, 0.25) is 0 Å². The van der Waals surface area contributed by atoms with Crippen molar-refractivity contribution in [3.63, 3.8) is 0 Å². The Labute approximate surface area is 123 Å². The zero-order chi connectivity index (χ0) is 15.3. The van der Waals surface area contributed by atoms with Crippen molar-refractivity contribution in [3.8, 4) is 0 Å². The van der Waals surface area contributed by atoms with Crippen molar-refractivity contribution in [3.05, 3.63) is 36.0 Å². The van der Waals surface area contributed by atoms with Crippen LogP contribution in [0.3, 0.4) is 0 Å². The Hall–Kier alpha value is -1.15. The number of hydrogen-bond acceptors (Lipinski definition) is 2. The molecule has 2 heteroatoms. The topological polar surface area (TPSA) is 37.3 Å². The number of aliphatic hydroxyl groups excluding tert-OH is 1. The fourth-order valence-corrected chi connectivity index (χ4v) is 3.11. The summed E-state index contributed by atoms with van der Waals surface area (Å²) in [6, 6.07) is 0. The number of carbonyl (C=O) groups excluding carboxylic acids is 1. The molecule has 0 saturated heterocycles. The van der Waals surface area contributed by atoms with Crippen molar-refractivity contribution in [2.45, 2.75) is 47.0 Å². The molecule has 1 aliphatic carbocycles. The first kappa shape index (κ1) is 16.9. The highest BCUT2D eigenvalue weighted by Gasteiger charge is 2.40. The Bertz CT molecular complexity index is 427. The number of ketones is 1. The monoisotopic (exact) mass is 276 g/mol. The molecule has 2 nitrogen and oxygen atoms in total. The first-order valence-electron chi connectivity index (χ1n) is 7.42. The number of allylic oxidation sites excluding steroid dienone is 4. The van der Waals surface area contributed by atoms with E-state index in [9.17, 15) is 4.79 Å². The average Bonchev–Trinajstić information content (AvgIpc) is 2.36. The molecule has 2 atom stereocenters. The summed E-state index contributed by atoms with van der Waals surface area (Å²) in [4.78, 5) is 11.2. The van der Waals surface area contributed by atoms with Crippen LogP contribution in [0.15, 0.2) is 36.0 Å². The summed E-state index contributed by atoms with van der Waals surface area (Å²) < 4.78 is 0. The Morgan fingerprint density at radius 2 is 2.10 bits per heavy atom. The van der Waals surface area contributed by atoms with E-state index in [0.29, 0.717) is 5.92 Å². The summed E-state index contributed by atoms with van der Waals surface area (Å²) >= 11 is 0.